The minimum Gasteiger partial charge on any atom is -0.322 e. The van der Waals surface area contributed by atoms with Crippen molar-refractivity contribution in [3.05, 3.63) is 102 Å². The predicted molar refractivity (Wildman–Crippen MR) is 121 cm³/mol. The van der Waals surface area contributed by atoms with Crippen molar-refractivity contribution in [1.82, 2.24) is 0 Å². The fourth-order valence-electron chi connectivity index (χ4n) is 3.05. The number of para-hydroxylation sites is 1. The van der Waals surface area contributed by atoms with Crippen LogP contribution in [0.25, 0.3) is 10.8 Å². The molecule has 0 aliphatic heterocycles. The van der Waals surface area contributed by atoms with Crippen molar-refractivity contribution < 1.29 is 13.2 Å². The van der Waals surface area contributed by atoms with E-state index in [1.54, 1.807) is 30.3 Å². The maximum absolute atomic E-state index is 12.9. The third-order valence-electron chi connectivity index (χ3n) is 4.55. The maximum Gasteiger partial charge on any atom is 0.261 e. The third kappa shape index (κ3) is 4.30. The summed E-state index contributed by atoms with van der Waals surface area (Å²) in [5, 5.41) is 5.32. The molecule has 1 amide bonds. The average Bonchev–Trinajstić information content (AvgIpc) is 2.74. The largest absolute Gasteiger partial charge is 0.322 e. The van der Waals surface area contributed by atoms with Crippen molar-refractivity contribution in [3.8, 4) is 0 Å². The molecule has 0 atom stereocenters. The molecule has 4 aromatic rings. The number of fused-ring (bicyclic) bond motifs is 1. The second-order valence-electron chi connectivity index (χ2n) is 6.62. The zero-order valence-corrected chi connectivity index (χ0v) is 17.2. The summed E-state index contributed by atoms with van der Waals surface area (Å²) in [5.41, 5.74) is 1.02. The van der Waals surface area contributed by atoms with E-state index in [9.17, 15) is 13.2 Å². The number of halogens is 1. The second kappa shape index (κ2) is 8.18. The van der Waals surface area contributed by atoms with Crippen molar-refractivity contribution in [2.45, 2.75) is 4.90 Å². The number of hydrogen-bond acceptors (Lipinski definition) is 3. The Kier molecular flexibility index (Phi) is 5.44. The summed E-state index contributed by atoms with van der Waals surface area (Å²) in [7, 11) is -3.88. The van der Waals surface area contributed by atoms with E-state index in [-0.39, 0.29) is 16.1 Å². The highest BCUT2D eigenvalue weighted by atomic mass is 35.5. The van der Waals surface area contributed by atoms with Crippen LogP contribution in [0.4, 0.5) is 11.4 Å². The number of carbonyl (C=O) groups excluding carboxylic acids is 1. The van der Waals surface area contributed by atoms with Crippen LogP contribution in [0.1, 0.15) is 10.4 Å². The first-order valence-corrected chi connectivity index (χ1v) is 11.0. The predicted octanol–water partition coefficient (Wildman–Crippen LogP) is 5.55. The molecule has 0 saturated carbocycles. The summed E-state index contributed by atoms with van der Waals surface area (Å²) in [6, 6.07) is 25.7. The SMILES string of the molecule is O=C(Nc1ccc2ccccc2c1)c1ccccc1NS(=O)(=O)c1ccc(Cl)cc1. The number of hydrogen-bond donors (Lipinski definition) is 2. The number of nitrogens with one attached hydrogen (secondary N) is 2. The van der Waals surface area contributed by atoms with Crippen LogP contribution in [-0.2, 0) is 10.0 Å². The number of benzene rings is 4. The highest BCUT2D eigenvalue weighted by molar-refractivity contribution is 7.92. The number of carbonyl (C=O) groups is 1. The van der Waals surface area contributed by atoms with Crippen LogP contribution in [-0.4, -0.2) is 14.3 Å². The molecule has 0 bridgehead atoms. The second-order valence-corrected chi connectivity index (χ2v) is 8.74. The standard InChI is InChI=1S/C23H17ClN2O3S/c24-18-10-13-20(14-11-18)30(28,29)26-22-8-4-3-7-21(22)23(27)25-19-12-9-16-5-1-2-6-17(16)15-19/h1-15,26H,(H,25,27). The Bertz CT molecular complexity index is 1340. The van der Waals surface area contributed by atoms with Gasteiger partial charge >= 0.3 is 0 Å². The minimum atomic E-state index is -3.88. The molecular weight excluding hydrogens is 420 g/mol. The van der Waals surface area contributed by atoms with Gasteiger partial charge in [-0.25, -0.2) is 8.42 Å². The lowest BCUT2D eigenvalue weighted by Crippen LogP contribution is -2.18. The van der Waals surface area contributed by atoms with Gasteiger partial charge in [-0.3, -0.25) is 9.52 Å². The maximum atomic E-state index is 12.9. The summed E-state index contributed by atoms with van der Waals surface area (Å²) >= 11 is 5.83. The molecule has 0 aromatic heterocycles. The Labute approximate surface area is 179 Å². The topological polar surface area (TPSA) is 75.3 Å². The molecule has 0 aliphatic carbocycles. The highest BCUT2D eigenvalue weighted by Gasteiger charge is 2.18. The van der Waals surface area contributed by atoms with E-state index < -0.39 is 15.9 Å². The molecule has 0 fully saturated rings. The lowest BCUT2D eigenvalue weighted by molar-refractivity contribution is 0.102. The monoisotopic (exact) mass is 436 g/mol. The molecule has 7 heteroatoms. The number of amides is 1. The van der Waals surface area contributed by atoms with Gasteiger partial charge in [0.25, 0.3) is 15.9 Å². The van der Waals surface area contributed by atoms with Gasteiger partial charge in [-0.05, 0) is 59.3 Å². The van der Waals surface area contributed by atoms with E-state index in [2.05, 4.69) is 10.0 Å². The molecule has 5 nitrogen and oxygen atoms in total. The van der Waals surface area contributed by atoms with E-state index >= 15 is 0 Å². The van der Waals surface area contributed by atoms with Crippen molar-refractivity contribution >= 4 is 49.7 Å². The van der Waals surface area contributed by atoms with Crippen LogP contribution in [0, 0.1) is 0 Å². The van der Waals surface area contributed by atoms with Crippen LogP contribution < -0.4 is 10.0 Å². The number of anilines is 2. The van der Waals surface area contributed by atoms with E-state index in [4.69, 9.17) is 11.6 Å². The fourth-order valence-corrected chi connectivity index (χ4v) is 4.26. The van der Waals surface area contributed by atoms with Crippen LogP contribution >= 0.6 is 11.6 Å². The Morgan fingerprint density at radius 1 is 0.767 bits per heavy atom. The zero-order valence-electron chi connectivity index (χ0n) is 15.7. The minimum absolute atomic E-state index is 0.0524. The summed E-state index contributed by atoms with van der Waals surface area (Å²) in [6.07, 6.45) is 0. The lowest BCUT2D eigenvalue weighted by Gasteiger charge is -2.13. The van der Waals surface area contributed by atoms with Gasteiger partial charge < -0.3 is 5.32 Å². The van der Waals surface area contributed by atoms with Crippen LogP contribution in [0.3, 0.4) is 0 Å². The molecule has 0 aliphatic rings. The smallest absolute Gasteiger partial charge is 0.261 e. The highest BCUT2D eigenvalue weighted by Crippen LogP contribution is 2.24. The summed E-state index contributed by atoms with van der Waals surface area (Å²) in [6.45, 7) is 0. The molecule has 30 heavy (non-hydrogen) atoms. The number of rotatable bonds is 5. The number of sulfonamides is 1. The molecule has 0 unspecified atom stereocenters. The molecule has 0 spiro atoms. The first-order valence-electron chi connectivity index (χ1n) is 9.10. The first-order chi connectivity index (χ1) is 14.4. The van der Waals surface area contributed by atoms with E-state index in [1.807, 2.05) is 36.4 Å². The normalized spacial score (nSPS) is 11.2. The molecular formula is C23H17ClN2O3S. The zero-order chi connectivity index (χ0) is 21.1. The Morgan fingerprint density at radius 2 is 1.43 bits per heavy atom. The Balaban J connectivity index is 1.60. The quantitative estimate of drug-likeness (QED) is 0.431. The van der Waals surface area contributed by atoms with Crippen LogP contribution in [0.15, 0.2) is 95.9 Å². The van der Waals surface area contributed by atoms with Gasteiger partial charge in [0.1, 0.15) is 0 Å². The third-order valence-corrected chi connectivity index (χ3v) is 6.18. The van der Waals surface area contributed by atoms with Crippen LogP contribution in [0.2, 0.25) is 5.02 Å². The van der Waals surface area contributed by atoms with Gasteiger partial charge in [-0.1, -0.05) is 54.1 Å². The Hall–Kier alpha value is -3.35. The molecule has 150 valence electrons. The van der Waals surface area contributed by atoms with Gasteiger partial charge in [0.15, 0.2) is 0 Å². The van der Waals surface area contributed by atoms with Crippen molar-refractivity contribution in [3.63, 3.8) is 0 Å². The van der Waals surface area contributed by atoms with E-state index in [1.165, 1.54) is 24.3 Å². The van der Waals surface area contributed by atoms with Crippen molar-refractivity contribution in [2.24, 2.45) is 0 Å². The Morgan fingerprint density at radius 3 is 2.20 bits per heavy atom. The van der Waals surface area contributed by atoms with E-state index in [0.717, 1.165) is 10.8 Å². The van der Waals surface area contributed by atoms with Crippen molar-refractivity contribution in [2.75, 3.05) is 10.0 Å². The fraction of sp³-hybridized carbons (Fsp3) is 0. The molecule has 0 heterocycles. The summed E-state index contributed by atoms with van der Waals surface area (Å²) < 4.78 is 27.9. The molecule has 0 radical (unpaired) electrons. The molecule has 4 rings (SSSR count). The summed E-state index contributed by atoms with van der Waals surface area (Å²) in [5.74, 6) is -0.417. The van der Waals surface area contributed by atoms with E-state index in [0.29, 0.717) is 10.7 Å². The summed E-state index contributed by atoms with van der Waals surface area (Å²) in [4.78, 5) is 12.9. The van der Waals surface area contributed by atoms with Gasteiger partial charge in [-0.2, -0.15) is 0 Å². The van der Waals surface area contributed by atoms with Crippen molar-refractivity contribution in [1.29, 1.82) is 0 Å². The molecule has 0 saturated heterocycles. The van der Waals surface area contributed by atoms with Gasteiger partial charge in [0, 0.05) is 10.7 Å². The first kappa shape index (κ1) is 19.9. The van der Waals surface area contributed by atoms with Gasteiger partial charge in [0.05, 0.1) is 16.1 Å². The van der Waals surface area contributed by atoms with Gasteiger partial charge in [0.2, 0.25) is 0 Å². The van der Waals surface area contributed by atoms with Gasteiger partial charge in [-0.15, -0.1) is 0 Å². The average molecular weight is 437 g/mol. The lowest BCUT2D eigenvalue weighted by atomic mass is 10.1. The van der Waals surface area contributed by atoms with Crippen LogP contribution in [0.5, 0.6) is 0 Å². The molecule has 2 N–H and O–H groups in total. The molecule has 4 aromatic carbocycles.